The number of carbonyl (C=O) groups is 1. The number of benzene rings is 4. The zero-order chi connectivity index (χ0) is 28.5. The van der Waals surface area contributed by atoms with Crippen LogP contribution >= 0.6 is 27.5 Å². The number of nitrogens with zero attached hydrogens (tertiary/aromatic N) is 2. The lowest BCUT2D eigenvalue weighted by atomic mass is 10.0. The van der Waals surface area contributed by atoms with Crippen molar-refractivity contribution in [3.05, 3.63) is 129 Å². The molecule has 9 heteroatoms. The molecule has 204 valence electrons. The Balaban J connectivity index is 1.39. The normalized spacial score (nSPS) is 11.2. The Morgan fingerprint density at radius 2 is 1.78 bits per heavy atom. The topological polar surface area (TPSA) is 80.1 Å². The van der Waals surface area contributed by atoms with Crippen LogP contribution in [-0.2, 0) is 13.2 Å². The lowest BCUT2D eigenvalue weighted by molar-refractivity contribution is 0.0692. The summed E-state index contributed by atoms with van der Waals surface area (Å²) >= 11 is 9.75. The summed E-state index contributed by atoms with van der Waals surface area (Å²) in [5, 5.41) is 11.3. The van der Waals surface area contributed by atoms with Crippen molar-refractivity contribution in [2.45, 2.75) is 13.2 Å². The Bertz CT molecular complexity index is 1880. The van der Waals surface area contributed by atoms with Crippen LogP contribution in [0.5, 0.6) is 5.75 Å². The summed E-state index contributed by atoms with van der Waals surface area (Å²) in [6, 6.07) is 26.8. The molecule has 2 N–H and O–H groups in total. The van der Waals surface area contributed by atoms with Crippen LogP contribution in [0, 0.1) is 5.82 Å². The van der Waals surface area contributed by atoms with Gasteiger partial charge >= 0.3 is 5.97 Å². The smallest absolute Gasteiger partial charge is 0.353 e. The van der Waals surface area contributed by atoms with Gasteiger partial charge in [-0.1, -0.05) is 63.9 Å². The first-order chi connectivity index (χ1) is 19.9. The highest BCUT2D eigenvalue weighted by Gasteiger charge is 2.25. The van der Waals surface area contributed by atoms with Crippen LogP contribution in [0.3, 0.4) is 0 Å². The number of nitrogens with one attached hydrogen (secondary N) is 1. The van der Waals surface area contributed by atoms with E-state index < -0.39 is 5.97 Å². The lowest BCUT2D eigenvalue weighted by Crippen LogP contribution is -2.05. The Hall–Kier alpha value is -4.40. The Kier molecular flexibility index (Phi) is 7.34. The molecular formula is C32H22BrClFN3O3. The number of imidazole rings is 1. The number of aromatic carboxylic acids is 1. The second kappa shape index (κ2) is 11.2. The van der Waals surface area contributed by atoms with Crippen molar-refractivity contribution in [2.75, 3.05) is 0 Å². The quantitative estimate of drug-likeness (QED) is 0.177. The first-order valence-corrected chi connectivity index (χ1v) is 13.9. The number of halogens is 3. The van der Waals surface area contributed by atoms with Gasteiger partial charge in [0.2, 0.25) is 0 Å². The van der Waals surface area contributed by atoms with Gasteiger partial charge in [-0.3, -0.25) is 0 Å². The van der Waals surface area contributed by atoms with Crippen LogP contribution in [0.25, 0.3) is 33.4 Å². The molecule has 0 unspecified atom stereocenters. The van der Waals surface area contributed by atoms with E-state index in [4.69, 9.17) is 16.3 Å². The number of hydrogen-bond acceptors (Lipinski definition) is 3. The van der Waals surface area contributed by atoms with Crippen LogP contribution < -0.4 is 4.74 Å². The largest absolute Gasteiger partial charge is 0.489 e. The maximum absolute atomic E-state index is 13.8. The van der Waals surface area contributed by atoms with Crippen molar-refractivity contribution in [3.8, 4) is 28.3 Å². The fourth-order valence-electron chi connectivity index (χ4n) is 4.82. The SMILES string of the molecule is O=C(O)c1[nH]c2cc(Cl)ccc2c1-c1c(-c2ccc(F)cc2)ncn1Cc1ccc(OCc2ccccc2Br)cc1. The van der Waals surface area contributed by atoms with Gasteiger partial charge in [-0.05, 0) is 60.2 Å². The second-order valence-electron chi connectivity index (χ2n) is 9.47. The molecule has 0 aliphatic rings. The number of H-pyrrole nitrogens is 1. The summed E-state index contributed by atoms with van der Waals surface area (Å²) in [6.07, 6.45) is 1.67. The maximum Gasteiger partial charge on any atom is 0.353 e. The second-order valence-corrected chi connectivity index (χ2v) is 10.8. The molecule has 0 saturated heterocycles. The highest BCUT2D eigenvalue weighted by Crippen LogP contribution is 2.39. The number of rotatable bonds is 8. The maximum atomic E-state index is 13.8. The van der Waals surface area contributed by atoms with Gasteiger partial charge in [0.25, 0.3) is 0 Å². The van der Waals surface area contributed by atoms with Gasteiger partial charge < -0.3 is 19.4 Å². The Morgan fingerprint density at radius 3 is 2.51 bits per heavy atom. The summed E-state index contributed by atoms with van der Waals surface area (Å²) in [7, 11) is 0. The third kappa shape index (κ3) is 5.49. The molecule has 0 spiro atoms. The predicted octanol–water partition coefficient (Wildman–Crippen LogP) is 8.58. The molecule has 0 aliphatic carbocycles. The summed E-state index contributed by atoms with van der Waals surface area (Å²) in [4.78, 5) is 20.1. The minimum Gasteiger partial charge on any atom is -0.489 e. The van der Waals surface area contributed by atoms with Gasteiger partial charge in [-0.15, -0.1) is 0 Å². The molecule has 41 heavy (non-hydrogen) atoms. The molecule has 2 heterocycles. The van der Waals surface area contributed by atoms with Crippen molar-refractivity contribution in [2.24, 2.45) is 0 Å². The van der Waals surface area contributed by atoms with Gasteiger partial charge in [0.15, 0.2) is 0 Å². The number of ether oxygens (including phenoxy) is 1. The van der Waals surface area contributed by atoms with Crippen molar-refractivity contribution < 1.29 is 19.0 Å². The van der Waals surface area contributed by atoms with Crippen molar-refractivity contribution in [1.29, 1.82) is 0 Å². The van der Waals surface area contributed by atoms with Crippen molar-refractivity contribution in [1.82, 2.24) is 14.5 Å². The third-order valence-corrected chi connectivity index (χ3v) is 7.80. The van der Waals surface area contributed by atoms with Crippen LogP contribution in [0.1, 0.15) is 21.6 Å². The van der Waals surface area contributed by atoms with Gasteiger partial charge in [0.1, 0.15) is 23.9 Å². The van der Waals surface area contributed by atoms with Gasteiger partial charge in [-0.2, -0.15) is 0 Å². The van der Waals surface area contributed by atoms with Gasteiger partial charge in [-0.25, -0.2) is 14.2 Å². The molecule has 0 saturated carbocycles. The van der Waals surface area contributed by atoms with E-state index in [0.717, 1.165) is 21.3 Å². The van der Waals surface area contributed by atoms with E-state index in [1.807, 2.05) is 53.1 Å². The fraction of sp³-hybridized carbons (Fsp3) is 0.0625. The van der Waals surface area contributed by atoms with Crippen LogP contribution in [0.2, 0.25) is 5.02 Å². The standard InChI is InChI=1S/C32H22BrClFN3O3/c33-26-4-2-1-3-21(26)17-41-24-12-5-19(6-13-24)16-38-18-36-29(20-7-10-23(35)11-8-20)31(38)28-25-14-9-22(34)15-27(25)37-30(28)32(39)40/h1-15,18,37H,16-17H2,(H,39,40). The van der Waals surface area contributed by atoms with Gasteiger partial charge in [0, 0.05) is 43.6 Å². The minimum atomic E-state index is -1.11. The van der Waals surface area contributed by atoms with E-state index >= 15 is 0 Å². The molecule has 0 amide bonds. The first-order valence-electron chi connectivity index (χ1n) is 12.7. The molecule has 0 bridgehead atoms. The number of fused-ring (bicyclic) bond motifs is 1. The summed E-state index contributed by atoms with van der Waals surface area (Å²) in [6.45, 7) is 0.837. The molecule has 0 radical (unpaired) electrons. The summed E-state index contributed by atoms with van der Waals surface area (Å²) in [5.41, 5.74) is 4.89. The van der Waals surface area contributed by atoms with E-state index in [-0.39, 0.29) is 11.5 Å². The van der Waals surface area contributed by atoms with Crippen LogP contribution in [0.15, 0.2) is 102 Å². The third-order valence-electron chi connectivity index (χ3n) is 6.80. The number of carboxylic acid groups (broad SMARTS) is 1. The molecule has 2 aromatic heterocycles. The molecule has 6 rings (SSSR count). The molecular weight excluding hydrogens is 609 g/mol. The molecule has 0 atom stereocenters. The zero-order valence-corrected chi connectivity index (χ0v) is 23.8. The number of aromatic amines is 1. The number of carboxylic acids is 1. The monoisotopic (exact) mass is 629 g/mol. The average molecular weight is 631 g/mol. The van der Waals surface area contributed by atoms with Crippen molar-refractivity contribution >= 4 is 44.4 Å². The predicted molar refractivity (Wildman–Crippen MR) is 161 cm³/mol. The van der Waals surface area contributed by atoms with Gasteiger partial charge in [0.05, 0.1) is 17.7 Å². The number of hydrogen-bond donors (Lipinski definition) is 2. The van der Waals surface area contributed by atoms with Crippen LogP contribution in [-0.4, -0.2) is 25.6 Å². The molecule has 6 nitrogen and oxygen atoms in total. The Labute approximate surface area is 248 Å². The van der Waals surface area contributed by atoms with Crippen molar-refractivity contribution in [3.63, 3.8) is 0 Å². The highest BCUT2D eigenvalue weighted by atomic mass is 79.9. The summed E-state index contributed by atoms with van der Waals surface area (Å²) < 4.78 is 22.6. The molecule has 0 fully saturated rings. The summed E-state index contributed by atoms with van der Waals surface area (Å²) in [5.74, 6) is -0.759. The molecule has 6 aromatic rings. The zero-order valence-electron chi connectivity index (χ0n) is 21.4. The molecule has 0 aliphatic heterocycles. The van der Waals surface area contributed by atoms with Crippen LogP contribution in [0.4, 0.5) is 4.39 Å². The minimum absolute atomic E-state index is 0.0169. The highest BCUT2D eigenvalue weighted by molar-refractivity contribution is 9.10. The fourth-order valence-corrected chi connectivity index (χ4v) is 5.39. The first kappa shape index (κ1) is 26.8. The van der Waals surface area contributed by atoms with E-state index in [2.05, 4.69) is 25.9 Å². The van der Waals surface area contributed by atoms with E-state index in [9.17, 15) is 14.3 Å². The van der Waals surface area contributed by atoms with E-state index in [1.165, 1.54) is 12.1 Å². The average Bonchev–Trinajstić information content (AvgIpc) is 3.54. The lowest BCUT2D eigenvalue weighted by Gasteiger charge is -2.13. The molecule has 4 aromatic carbocycles. The van der Waals surface area contributed by atoms with E-state index in [1.54, 1.807) is 36.7 Å². The van der Waals surface area contributed by atoms with E-state index in [0.29, 0.717) is 51.6 Å². The number of aromatic nitrogens is 3. The Morgan fingerprint density at radius 1 is 1.02 bits per heavy atom.